The van der Waals surface area contributed by atoms with E-state index < -0.39 is 10.0 Å². The van der Waals surface area contributed by atoms with Crippen molar-refractivity contribution in [1.82, 2.24) is 13.9 Å². The number of fused-ring (bicyclic) bond motifs is 1. The third-order valence-electron chi connectivity index (χ3n) is 5.02. The molecule has 0 amide bonds. The predicted octanol–water partition coefficient (Wildman–Crippen LogP) is 2.73. The summed E-state index contributed by atoms with van der Waals surface area (Å²) in [6.07, 6.45) is 0. The Labute approximate surface area is 179 Å². The Hall–Kier alpha value is -2.20. The molecule has 0 unspecified atom stereocenters. The van der Waals surface area contributed by atoms with Crippen LogP contribution in [0, 0.1) is 0 Å². The van der Waals surface area contributed by atoms with E-state index in [9.17, 15) is 13.2 Å². The molecule has 0 bridgehead atoms. The van der Waals surface area contributed by atoms with Gasteiger partial charge >= 0.3 is 0 Å². The number of nitrogens with zero attached hydrogens (tertiary/aromatic N) is 3. The molecular weight excluding hydrogens is 422 g/mol. The van der Waals surface area contributed by atoms with Crippen molar-refractivity contribution in [2.45, 2.75) is 29.3 Å². The Balaban J connectivity index is 1.59. The summed E-state index contributed by atoms with van der Waals surface area (Å²) in [5.41, 5.74) is 1.46. The predicted molar refractivity (Wildman–Crippen MR) is 117 cm³/mol. The molecule has 30 heavy (non-hydrogen) atoms. The number of aromatic nitrogens is 2. The Bertz CT molecular complexity index is 1220. The molecular formula is C21H23N3O4S2. The third-order valence-corrected chi connectivity index (χ3v) is 7.96. The molecule has 0 N–H and O–H groups in total. The van der Waals surface area contributed by atoms with Crippen LogP contribution in [-0.4, -0.2) is 48.6 Å². The van der Waals surface area contributed by atoms with Crippen molar-refractivity contribution in [3.05, 3.63) is 64.4 Å². The van der Waals surface area contributed by atoms with Crippen LogP contribution in [0.3, 0.4) is 0 Å². The molecule has 1 fully saturated rings. The molecule has 3 aromatic rings. The quantitative estimate of drug-likeness (QED) is 0.429. The molecule has 0 atom stereocenters. The minimum Gasteiger partial charge on any atom is -0.379 e. The zero-order chi connectivity index (χ0) is 21.1. The largest absolute Gasteiger partial charge is 0.379 e. The fraction of sp³-hybridized carbons (Fsp3) is 0.333. The lowest BCUT2D eigenvalue weighted by atomic mass is 10.2. The summed E-state index contributed by atoms with van der Waals surface area (Å²) in [5, 5.41) is 1.23. The zero-order valence-electron chi connectivity index (χ0n) is 16.7. The van der Waals surface area contributed by atoms with Crippen LogP contribution in [0.5, 0.6) is 0 Å². The van der Waals surface area contributed by atoms with E-state index in [1.165, 1.54) is 16.1 Å². The van der Waals surface area contributed by atoms with Gasteiger partial charge in [0.2, 0.25) is 10.0 Å². The summed E-state index contributed by atoms with van der Waals surface area (Å²) in [7, 11) is -3.54. The van der Waals surface area contributed by atoms with Crippen LogP contribution in [0.1, 0.15) is 12.5 Å². The molecule has 0 spiro atoms. The Morgan fingerprint density at radius 2 is 1.87 bits per heavy atom. The van der Waals surface area contributed by atoms with Gasteiger partial charge in [0.15, 0.2) is 5.16 Å². The first-order valence-corrected chi connectivity index (χ1v) is 12.2. The number of sulfonamides is 1. The summed E-state index contributed by atoms with van der Waals surface area (Å²) in [6.45, 7) is 3.99. The summed E-state index contributed by atoms with van der Waals surface area (Å²) < 4.78 is 34.2. The van der Waals surface area contributed by atoms with Gasteiger partial charge in [-0.25, -0.2) is 13.4 Å². The number of hydrogen-bond donors (Lipinski definition) is 0. The Kier molecular flexibility index (Phi) is 6.24. The van der Waals surface area contributed by atoms with Gasteiger partial charge in [-0.1, -0.05) is 36.0 Å². The van der Waals surface area contributed by atoms with Crippen LogP contribution in [0.15, 0.2) is 63.4 Å². The van der Waals surface area contributed by atoms with Crippen molar-refractivity contribution in [3.8, 4) is 0 Å². The van der Waals surface area contributed by atoms with E-state index in [2.05, 4.69) is 4.98 Å². The van der Waals surface area contributed by atoms with E-state index in [0.29, 0.717) is 54.7 Å². The molecule has 2 heterocycles. The van der Waals surface area contributed by atoms with Crippen molar-refractivity contribution in [3.63, 3.8) is 0 Å². The van der Waals surface area contributed by atoms with E-state index in [-0.39, 0.29) is 10.5 Å². The van der Waals surface area contributed by atoms with Crippen LogP contribution in [0.4, 0.5) is 0 Å². The number of para-hydroxylation sites is 1. The second kappa shape index (κ2) is 8.89. The normalized spacial score (nSPS) is 15.5. The zero-order valence-corrected chi connectivity index (χ0v) is 18.3. The van der Waals surface area contributed by atoms with Crippen molar-refractivity contribution >= 4 is 32.7 Å². The Morgan fingerprint density at radius 3 is 2.63 bits per heavy atom. The van der Waals surface area contributed by atoms with Gasteiger partial charge in [-0.3, -0.25) is 9.36 Å². The number of ether oxygens (including phenoxy) is 1. The first kappa shape index (κ1) is 21.0. The molecule has 1 aliphatic rings. The highest BCUT2D eigenvalue weighted by Gasteiger charge is 2.26. The third kappa shape index (κ3) is 4.15. The lowest BCUT2D eigenvalue weighted by Crippen LogP contribution is -2.40. The smallest absolute Gasteiger partial charge is 0.262 e. The van der Waals surface area contributed by atoms with Crippen LogP contribution >= 0.6 is 11.8 Å². The van der Waals surface area contributed by atoms with Crippen LogP contribution in [-0.2, 0) is 27.1 Å². The van der Waals surface area contributed by atoms with E-state index in [1.54, 1.807) is 28.8 Å². The molecule has 9 heteroatoms. The molecule has 0 saturated carbocycles. The minimum atomic E-state index is -3.54. The van der Waals surface area contributed by atoms with Crippen LogP contribution in [0.25, 0.3) is 10.9 Å². The maximum absolute atomic E-state index is 12.9. The topological polar surface area (TPSA) is 81.5 Å². The molecule has 158 valence electrons. The lowest BCUT2D eigenvalue weighted by molar-refractivity contribution is 0.0730. The summed E-state index contributed by atoms with van der Waals surface area (Å²) in [5.74, 6) is 0.511. The van der Waals surface area contributed by atoms with Crippen molar-refractivity contribution in [2.75, 3.05) is 26.3 Å². The van der Waals surface area contributed by atoms with Gasteiger partial charge in [0.25, 0.3) is 5.56 Å². The van der Waals surface area contributed by atoms with Crippen LogP contribution < -0.4 is 5.56 Å². The van der Waals surface area contributed by atoms with E-state index in [4.69, 9.17) is 4.74 Å². The molecule has 2 aromatic carbocycles. The summed E-state index contributed by atoms with van der Waals surface area (Å²) in [4.78, 5) is 17.7. The minimum absolute atomic E-state index is 0.0609. The van der Waals surface area contributed by atoms with Crippen molar-refractivity contribution in [2.24, 2.45) is 0 Å². The fourth-order valence-electron chi connectivity index (χ4n) is 3.42. The maximum Gasteiger partial charge on any atom is 0.262 e. The summed E-state index contributed by atoms with van der Waals surface area (Å²) in [6, 6.07) is 14.3. The molecule has 4 rings (SSSR count). The number of hydrogen-bond acceptors (Lipinski definition) is 6. The highest BCUT2D eigenvalue weighted by atomic mass is 32.2. The molecule has 0 aliphatic carbocycles. The van der Waals surface area contributed by atoms with Gasteiger partial charge < -0.3 is 4.74 Å². The van der Waals surface area contributed by atoms with E-state index in [0.717, 1.165) is 5.56 Å². The van der Waals surface area contributed by atoms with Gasteiger partial charge in [-0.15, -0.1) is 0 Å². The molecule has 7 nitrogen and oxygen atoms in total. The Morgan fingerprint density at radius 1 is 1.10 bits per heavy atom. The molecule has 1 aromatic heterocycles. The molecule has 0 radical (unpaired) electrons. The molecule has 1 aliphatic heterocycles. The average molecular weight is 446 g/mol. The number of rotatable bonds is 6. The fourth-order valence-corrected chi connectivity index (χ4v) is 5.90. The van der Waals surface area contributed by atoms with E-state index in [1.807, 2.05) is 31.2 Å². The number of morpholine rings is 1. The van der Waals surface area contributed by atoms with Gasteiger partial charge in [0.1, 0.15) is 0 Å². The standard InChI is InChI=1S/C21H23N3O4S2/c1-2-24-20(25)18-8-3-4-9-19(18)22-21(24)29-15-16-6-5-7-17(14-16)30(26,27)23-10-12-28-13-11-23/h3-9,14H,2,10-13,15H2,1H3. The van der Waals surface area contributed by atoms with Crippen LogP contribution in [0.2, 0.25) is 0 Å². The second-order valence-electron chi connectivity index (χ2n) is 6.91. The number of thioether (sulfide) groups is 1. The van der Waals surface area contributed by atoms with Gasteiger partial charge in [-0.05, 0) is 36.8 Å². The highest BCUT2D eigenvalue weighted by Crippen LogP contribution is 2.25. The SMILES string of the molecule is CCn1c(SCc2cccc(S(=O)(=O)N3CCOCC3)c2)nc2ccccc2c1=O. The maximum atomic E-state index is 12.9. The average Bonchev–Trinajstić information content (AvgIpc) is 2.78. The van der Waals surface area contributed by atoms with E-state index >= 15 is 0 Å². The van der Waals surface area contributed by atoms with Crippen molar-refractivity contribution < 1.29 is 13.2 Å². The van der Waals surface area contributed by atoms with Gasteiger partial charge in [0, 0.05) is 25.4 Å². The summed E-state index contributed by atoms with van der Waals surface area (Å²) >= 11 is 1.43. The second-order valence-corrected chi connectivity index (χ2v) is 9.79. The van der Waals surface area contributed by atoms with Crippen molar-refractivity contribution in [1.29, 1.82) is 0 Å². The number of benzene rings is 2. The first-order chi connectivity index (χ1) is 14.5. The monoisotopic (exact) mass is 445 g/mol. The first-order valence-electron chi connectivity index (χ1n) is 9.80. The highest BCUT2D eigenvalue weighted by molar-refractivity contribution is 7.98. The van der Waals surface area contributed by atoms with Gasteiger partial charge in [0.05, 0.1) is 29.0 Å². The van der Waals surface area contributed by atoms with Gasteiger partial charge in [-0.2, -0.15) is 4.31 Å². The molecule has 1 saturated heterocycles. The lowest BCUT2D eigenvalue weighted by Gasteiger charge is -2.26.